The van der Waals surface area contributed by atoms with Crippen molar-refractivity contribution in [2.24, 2.45) is 0 Å². The Balaban J connectivity index is 2.35. The molecule has 0 atom stereocenters. The van der Waals surface area contributed by atoms with E-state index in [-0.39, 0.29) is 0 Å². The van der Waals surface area contributed by atoms with E-state index in [2.05, 4.69) is 73.1 Å². The summed E-state index contributed by atoms with van der Waals surface area (Å²) in [5.74, 6) is 0. The largest absolute Gasteiger partial charge is 0.0795 e. The normalized spacial score (nSPS) is 12.8. The molecule has 0 saturated carbocycles. The maximum absolute atomic E-state index is 3.80. The lowest BCUT2D eigenvalue weighted by Gasteiger charge is -2.17. The first-order valence-electron chi connectivity index (χ1n) is 6.64. The van der Waals surface area contributed by atoms with Crippen LogP contribution in [0.25, 0.3) is 17.2 Å². The van der Waals surface area contributed by atoms with E-state index in [9.17, 15) is 0 Å². The molecular formula is C18H17Br. The average molecular weight is 313 g/mol. The first kappa shape index (κ1) is 12.7. The fourth-order valence-electron chi connectivity index (χ4n) is 2.83. The SMILES string of the molecule is Cc1cccc(-c2c(Br)c(C)cc3c2CC=C3)c1C. The molecule has 0 nitrogen and oxygen atoms in total. The Bertz CT molecular complexity index is 693. The summed E-state index contributed by atoms with van der Waals surface area (Å²) in [5, 5.41) is 0. The molecule has 0 saturated heterocycles. The number of halogens is 1. The van der Waals surface area contributed by atoms with Gasteiger partial charge in [0, 0.05) is 10.0 Å². The second kappa shape index (κ2) is 4.64. The summed E-state index contributed by atoms with van der Waals surface area (Å²) in [4.78, 5) is 0. The number of rotatable bonds is 1. The molecule has 0 spiro atoms. The third-order valence-corrected chi connectivity index (χ3v) is 5.10. The van der Waals surface area contributed by atoms with Crippen LogP contribution in [0, 0.1) is 20.8 Å². The Morgan fingerprint density at radius 2 is 1.84 bits per heavy atom. The van der Waals surface area contributed by atoms with Crippen molar-refractivity contribution >= 4 is 22.0 Å². The van der Waals surface area contributed by atoms with Crippen molar-refractivity contribution in [1.82, 2.24) is 0 Å². The molecule has 0 N–H and O–H groups in total. The molecule has 2 aromatic carbocycles. The Hall–Kier alpha value is -1.34. The van der Waals surface area contributed by atoms with E-state index in [0.717, 1.165) is 6.42 Å². The smallest absolute Gasteiger partial charge is 0.0286 e. The van der Waals surface area contributed by atoms with Gasteiger partial charge in [-0.1, -0.05) is 36.4 Å². The Morgan fingerprint density at radius 1 is 1.05 bits per heavy atom. The fourth-order valence-corrected chi connectivity index (χ4v) is 3.40. The van der Waals surface area contributed by atoms with Crippen molar-refractivity contribution in [1.29, 1.82) is 0 Å². The molecule has 2 aromatic rings. The molecule has 3 rings (SSSR count). The second-order valence-electron chi connectivity index (χ2n) is 5.30. The van der Waals surface area contributed by atoms with Crippen molar-refractivity contribution in [3.63, 3.8) is 0 Å². The molecule has 0 amide bonds. The van der Waals surface area contributed by atoms with Crippen LogP contribution in [0.2, 0.25) is 0 Å². The fraction of sp³-hybridized carbons (Fsp3) is 0.222. The van der Waals surface area contributed by atoms with E-state index in [0.29, 0.717) is 0 Å². The quantitative estimate of drug-likeness (QED) is 0.642. The first-order chi connectivity index (χ1) is 9.09. The summed E-state index contributed by atoms with van der Waals surface area (Å²) in [5.41, 5.74) is 9.59. The zero-order chi connectivity index (χ0) is 13.6. The van der Waals surface area contributed by atoms with E-state index < -0.39 is 0 Å². The van der Waals surface area contributed by atoms with Gasteiger partial charge in [-0.15, -0.1) is 0 Å². The van der Waals surface area contributed by atoms with Crippen molar-refractivity contribution < 1.29 is 0 Å². The van der Waals surface area contributed by atoms with Crippen molar-refractivity contribution in [2.45, 2.75) is 27.2 Å². The molecule has 0 heterocycles. The van der Waals surface area contributed by atoms with Crippen LogP contribution in [0.5, 0.6) is 0 Å². The number of hydrogen-bond acceptors (Lipinski definition) is 0. The van der Waals surface area contributed by atoms with E-state index >= 15 is 0 Å². The second-order valence-corrected chi connectivity index (χ2v) is 6.10. The maximum atomic E-state index is 3.80. The minimum Gasteiger partial charge on any atom is -0.0795 e. The number of allylic oxidation sites excluding steroid dienone is 1. The third kappa shape index (κ3) is 1.97. The highest BCUT2D eigenvalue weighted by Crippen LogP contribution is 2.40. The monoisotopic (exact) mass is 312 g/mol. The van der Waals surface area contributed by atoms with Crippen LogP contribution >= 0.6 is 15.9 Å². The predicted octanol–water partition coefficient (Wildman–Crippen LogP) is 5.61. The topological polar surface area (TPSA) is 0 Å². The van der Waals surface area contributed by atoms with Crippen LogP contribution in [0.15, 0.2) is 34.8 Å². The third-order valence-electron chi connectivity index (χ3n) is 4.08. The summed E-state index contributed by atoms with van der Waals surface area (Å²) in [6, 6.07) is 8.85. The Kier molecular flexibility index (Phi) is 3.10. The van der Waals surface area contributed by atoms with Crippen molar-refractivity contribution in [3.05, 3.63) is 62.6 Å². The van der Waals surface area contributed by atoms with E-state index in [4.69, 9.17) is 0 Å². The summed E-state index contributed by atoms with van der Waals surface area (Å²) in [6.07, 6.45) is 5.53. The number of benzene rings is 2. The van der Waals surface area contributed by atoms with Crippen LogP contribution in [-0.2, 0) is 6.42 Å². The molecule has 19 heavy (non-hydrogen) atoms. The van der Waals surface area contributed by atoms with Gasteiger partial charge in [-0.3, -0.25) is 0 Å². The number of fused-ring (bicyclic) bond motifs is 1. The number of aryl methyl sites for hydroxylation is 2. The molecule has 0 bridgehead atoms. The lowest BCUT2D eigenvalue weighted by molar-refractivity contribution is 1.26. The molecule has 0 fully saturated rings. The van der Waals surface area contributed by atoms with Crippen molar-refractivity contribution in [3.8, 4) is 11.1 Å². The number of hydrogen-bond donors (Lipinski definition) is 0. The van der Waals surface area contributed by atoms with Gasteiger partial charge in [0.2, 0.25) is 0 Å². The van der Waals surface area contributed by atoms with Gasteiger partial charge in [0.05, 0.1) is 0 Å². The van der Waals surface area contributed by atoms with Gasteiger partial charge < -0.3 is 0 Å². The highest BCUT2D eigenvalue weighted by molar-refractivity contribution is 9.10. The lowest BCUT2D eigenvalue weighted by atomic mass is 9.90. The van der Waals surface area contributed by atoms with Gasteiger partial charge in [0.1, 0.15) is 0 Å². The summed E-state index contributed by atoms with van der Waals surface area (Å²) in [7, 11) is 0. The minimum atomic E-state index is 1.04. The molecule has 1 aliphatic rings. The zero-order valence-corrected chi connectivity index (χ0v) is 13.1. The molecule has 1 heteroatoms. The van der Waals surface area contributed by atoms with Gasteiger partial charge in [-0.05, 0) is 76.5 Å². The summed E-state index contributed by atoms with van der Waals surface area (Å²) >= 11 is 3.80. The molecule has 96 valence electrons. The van der Waals surface area contributed by atoms with E-state index in [1.807, 2.05) is 0 Å². The predicted molar refractivity (Wildman–Crippen MR) is 86.5 cm³/mol. The van der Waals surface area contributed by atoms with Gasteiger partial charge in [-0.2, -0.15) is 0 Å². The average Bonchev–Trinajstić information content (AvgIpc) is 2.83. The zero-order valence-electron chi connectivity index (χ0n) is 11.5. The highest BCUT2D eigenvalue weighted by atomic mass is 79.9. The van der Waals surface area contributed by atoms with Gasteiger partial charge in [0.25, 0.3) is 0 Å². The van der Waals surface area contributed by atoms with Crippen LogP contribution in [0.3, 0.4) is 0 Å². The molecule has 1 aliphatic carbocycles. The standard InChI is InChI=1S/C18H17Br/c1-11-6-4-8-15(13(11)3)17-16-9-5-7-14(16)10-12(2)18(17)19/h4-8,10H,9H2,1-3H3. The lowest BCUT2D eigenvalue weighted by Crippen LogP contribution is -1.96. The van der Waals surface area contributed by atoms with Crippen LogP contribution in [-0.4, -0.2) is 0 Å². The summed E-state index contributed by atoms with van der Waals surface area (Å²) < 4.78 is 1.24. The Morgan fingerprint density at radius 3 is 2.63 bits per heavy atom. The van der Waals surface area contributed by atoms with E-state index in [1.165, 1.54) is 43.4 Å². The molecule has 0 aromatic heterocycles. The van der Waals surface area contributed by atoms with Crippen LogP contribution in [0.1, 0.15) is 27.8 Å². The maximum Gasteiger partial charge on any atom is 0.0286 e. The molecule has 0 aliphatic heterocycles. The van der Waals surface area contributed by atoms with Crippen LogP contribution in [0.4, 0.5) is 0 Å². The molecule has 0 radical (unpaired) electrons. The molecular weight excluding hydrogens is 296 g/mol. The van der Waals surface area contributed by atoms with Gasteiger partial charge >= 0.3 is 0 Å². The first-order valence-corrected chi connectivity index (χ1v) is 7.44. The van der Waals surface area contributed by atoms with Crippen molar-refractivity contribution in [2.75, 3.05) is 0 Å². The van der Waals surface area contributed by atoms with E-state index in [1.54, 1.807) is 0 Å². The molecule has 0 unspecified atom stereocenters. The minimum absolute atomic E-state index is 1.04. The Labute approximate surface area is 123 Å². The van der Waals surface area contributed by atoms with Gasteiger partial charge in [0.15, 0.2) is 0 Å². The van der Waals surface area contributed by atoms with Gasteiger partial charge in [-0.25, -0.2) is 0 Å². The summed E-state index contributed by atoms with van der Waals surface area (Å²) in [6.45, 7) is 6.57. The highest BCUT2D eigenvalue weighted by Gasteiger charge is 2.18. The van der Waals surface area contributed by atoms with Crippen LogP contribution < -0.4 is 0 Å².